The summed E-state index contributed by atoms with van der Waals surface area (Å²) in [5.74, 6) is 1.52. The Balaban J connectivity index is 0.00000225. The Morgan fingerprint density at radius 3 is 2.84 bits per heavy atom. The second kappa shape index (κ2) is 9.44. The van der Waals surface area contributed by atoms with Crippen LogP contribution in [0, 0.1) is 5.92 Å². The number of hydrogen-bond donors (Lipinski definition) is 2. The van der Waals surface area contributed by atoms with E-state index in [4.69, 9.17) is 16.3 Å². The minimum absolute atomic E-state index is 0. The van der Waals surface area contributed by atoms with Crippen molar-refractivity contribution in [2.45, 2.75) is 25.4 Å². The predicted octanol–water partition coefficient (Wildman–Crippen LogP) is 4.20. The van der Waals surface area contributed by atoms with Crippen LogP contribution in [0.25, 0.3) is 0 Å². The van der Waals surface area contributed by atoms with Crippen molar-refractivity contribution >= 4 is 24.0 Å². The number of ether oxygens (including phenoxy) is 1. The second-order valence-electron chi connectivity index (χ2n) is 6.47. The zero-order valence-electron chi connectivity index (χ0n) is 14.4. The number of aliphatic hydroxyl groups excluding tert-OH is 1. The molecule has 2 aromatic carbocycles. The van der Waals surface area contributed by atoms with Gasteiger partial charge in [-0.15, -0.1) is 12.4 Å². The first-order valence-electron chi connectivity index (χ1n) is 8.45. The monoisotopic (exact) mass is 381 g/mol. The standard InChI is InChI=1S/C20H24ClNO2.ClH/c1-24-19-8-7-15-6-5-14(9-17(15)11-19)12-22-13-20(23)16-3-2-4-18(21)10-16;/h2-4,7-8,10-11,14,20,22-23H,5-6,9,12-13H2,1H3;1H/t14-,20+;/m1./s1. The number of nitrogens with one attached hydrogen (secondary N) is 1. The maximum atomic E-state index is 10.3. The summed E-state index contributed by atoms with van der Waals surface area (Å²) in [6, 6.07) is 13.8. The number of halogens is 2. The number of fused-ring (bicyclic) bond motifs is 1. The number of methoxy groups -OCH3 is 1. The van der Waals surface area contributed by atoms with Crippen LogP contribution in [0.5, 0.6) is 5.75 Å². The molecular weight excluding hydrogens is 357 g/mol. The first kappa shape index (κ1) is 20.1. The summed E-state index contributed by atoms with van der Waals surface area (Å²) in [4.78, 5) is 0. The molecule has 0 aromatic heterocycles. The maximum Gasteiger partial charge on any atom is 0.119 e. The minimum Gasteiger partial charge on any atom is -0.497 e. The normalized spacial score (nSPS) is 17.3. The van der Waals surface area contributed by atoms with Crippen molar-refractivity contribution in [1.29, 1.82) is 0 Å². The van der Waals surface area contributed by atoms with Crippen molar-refractivity contribution in [3.05, 3.63) is 64.2 Å². The predicted molar refractivity (Wildman–Crippen MR) is 105 cm³/mol. The first-order chi connectivity index (χ1) is 11.7. The van der Waals surface area contributed by atoms with Crippen molar-refractivity contribution in [3.8, 4) is 5.75 Å². The fraction of sp³-hybridized carbons (Fsp3) is 0.400. The summed E-state index contributed by atoms with van der Waals surface area (Å²) in [5, 5.41) is 14.3. The second-order valence-corrected chi connectivity index (χ2v) is 6.91. The van der Waals surface area contributed by atoms with Crippen molar-refractivity contribution < 1.29 is 9.84 Å². The molecule has 5 heteroatoms. The van der Waals surface area contributed by atoms with Gasteiger partial charge in [-0.1, -0.05) is 29.8 Å². The van der Waals surface area contributed by atoms with E-state index in [9.17, 15) is 5.11 Å². The van der Waals surface area contributed by atoms with Crippen LogP contribution >= 0.6 is 24.0 Å². The van der Waals surface area contributed by atoms with Gasteiger partial charge >= 0.3 is 0 Å². The smallest absolute Gasteiger partial charge is 0.119 e. The van der Waals surface area contributed by atoms with Gasteiger partial charge in [0.1, 0.15) is 5.75 Å². The molecule has 0 fully saturated rings. The van der Waals surface area contributed by atoms with Crippen LogP contribution in [0.3, 0.4) is 0 Å². The molecule has 3 nitrogen and oxygen atoms in total. The van der Waals surface area contributed by atoms with Crippen molar-refractivity contribution in [3.63, 3.8) is 0 Å². The van der Waals surface area contributed by atoms with Gasteiger partial charge in [0.05, 0.1) is 13.2 Å². The highest BCUT2D eigenvalue weighted by Gasteiger charge is 2.19. The van der Waals surface area contributed by atoms with Crippen LogP contribution in [0.15, 0.2) is 42.5 Å². The third kappa shape index (κ3) is 5.35. The maximum absolute atomic E-state index is 10.3. The van der Waals surface area contributed by atoms with Gasteiger partial charge in [-0.3, -0.25) is 0 Å². The van der Waals surface area contributed by atoms with E-state index in [1.165, 1.54) is 17.5 Å². The molecule has 3 rings (SSSR count). The molecule has 25 heavy (non-hydrogen) atoms. The molecule has 1 aliphatic rings. The Labute approximate surface area is 160 Å². The van der Waals surface area contributed by atoms with Crippen molar-refractivity contribution in [2.75, 3.05) is 20.2 Å². The van der Waals surface area contributed by atoms with Crippen LogP contribution in [0.2, 0.25) is 5.02 Å². The van der Waals surface area contributed by atoms with Gasteiger partial charge in [0.2, 0.25) is 0 Å². The third-order valence-electron chi connectivity index (χ3n) is 4.75. The van der Waals surface area contributed by atoms with Crippen LogP contribution in [-0.4, -0.2) is 25.3 Å². The molecule has 0 radical (unpaired) electrons. The summed E-state index contributed by atoms with van der Waals surface area (Å²) in [7, 11) is 1.71. The van der Waals surface area contributed by atoms with E-state index in [1.54, 1.807) is 7.11 Å². The summed E-state index contributed by atoms with van der Waals surface area (Å²) >= 11 is 5.98. The van der Waals surface area contributed by atoms with E-state index in [0.29, 0.717) is 17.5 Å². The van der Waals surface area contributed by atoms with Gasteiger partial charge < -0.3 is 15.2 Å². The first-order valence-corrected chi connectivity index (χ1v) is 8.83. The molecule has 2 N–H and O–H groups in total. The van der Waals surface area contributed by atoms with E-state index < -0.39 is 6.10 Å². The lowest BCUT2D eigenvalue weighted by atomic mass is 9.83. The van der Waals surface area contributed by atoms with E-state index in [2.05, 4.69) is 17.4 Å². The van der Waals surface area contributed by atoms with Gasteiger partial charge in [0.25, 0.3) is 0 Å². The number of aryl methyl sites for hydroxylation is 1. The van der Waals surface area contributed by atoms with Gasteiger partial charge in [-0.2, -0.15) is 0 Å². The van der Waals surface area contributed by atoms with Crippen LogP contribution in [0.1, 0.15) is 29.2 Å². The van der Waals surface area contributed by atoms with Gasteiger partial charge in [-0.25, -0.2) is 0 Å². The summed E-state index contributed by atoms with van der Waals surface area (Å²) < 4.78 is 5.33. The molecule has 0 bridgehead atoms. The minimum atomic E-state index is -0.528. The Morgan fingerprint density at radius 2 is 2.08 bits per heavy atom. The van der Waals surface area contributed by atoms with Gasteiger partial charge in [0.15, 0.2) is 0 Å². The van der Waals surface area contributed by atoms with Crippen molar-refractivity contribution in [2.24, 2.45) is 5.92 Å². The highest BCUT2D eigenvalue weighted by atomic mass is 35.5. The quantitative estimate of drug-likeness (QED) is 0.787. The molecule has 136 valence electrons. The summed E-state index contributed by atoms with van der Waals surface area (Å²) in [6.45, 7) is 1.45. The molecule has 2 aromatic rings. The number of aliphatic hydroxyl groups is 1. The van der Waals surface area contributed by atoms with E-state index in [0.717, 1.165) is 30.7 Å². The van der Waals surface area contributed by atoms with Gasteiger partial charge in [0, 0.05) is 11.6 Å². The highest BCUT2D eigenvalue weighted by molar-refractivity contribution is 6.30. The molecule has 2 atom stereocenters. The Bertz CT molecular complexity index is 693. The number of hydrogen-bond acceptors (Lipinski definition) is 3. The topological polar surface area (TPSA) is 41.5 Å². The summed E-state index contributed by atoms with van der Waals surface area (Å²) in [6.07, 6.45) is 2.83. The molecule has 0 aliphatic heterocycles. The van der Waals surface area contributed by atoms with E-state index in [-0.39, 0.29) is 12.4 Å². The zero-order valence-corrected chi connectivity index (χ0v) is 15.9. The Morgan fingerprint density at radius 1 is 1.24 bits per heavy atom. The largest absolute Gasteiger partial charge is 0.497 e. The molecule has 1 aliphatic carbocycles. The molecular formula is C20H25Cl2NO2. The average molecular weight is 382 g/mol. The average Bonchev–Trinajstić information content (AvgIpc) is 2.61. The molecule has 0 unspecified atom stereocenters. The lowest BCUT2D eigenvalue weighted by Crippen LogP contribution is -2.30. The molecule has 0 saturated carbocycles. The Hall–Kier alpha value is -1.26. The summed E-state index contributed by atoms with van der Waals surface area (Å²) in [5.41, 5.74) is 3.68. The zero-order chi connectivity index (χ0) is 16.9. The van der Waals surface area contributed by atoms with E-state index >= 15 is 0 Å². The fourth-order valence-electron chi connectivity index (χ4n) is 3.37. The van der Waals surface area contributed by atoms with Gasteiger partial charge in [-0.05, 0) is 72.7 Å². The molecule has 0 saturated heterocycles. The number of benzene rings is 2. The molecule has 0 heterocycles. The van der Waals surface area contributed by atoms with Crippen LogP contribution < -0.4 is 10.1 Å². The molecule has 0 amide bonds. The highest BCUT2D eigenvalue weighted by Crippen LogP contribution is 2.28. The number of rotatable bonds is 6. The SMILES string of the molecule is COc1ccc2c(c1)C[C@H](CNC[C@H](O)c1cccc(Cl)c1)CC2.Cl. The fourth-order valence-corrected chi connectivity index (χ4v) is 3.56. The van der Waals surface area contributed by atoms with Crippen molar-refractivity contribution in [1.82, 2.24) is 5.32 Å². The lowest BCUT2D eigenvalue weighted by Gasteiger charge is -2.25. The van der Waals surface area contributed by atoms with E-state index in [1.807, 2.05) is 30.3 Å². The van der Waals surface area contributed by atoms with Crippen LogP contribution in [-0.2, 0) is 12.8 Å². The molecule has 0 spiro atoms. The van der Waals surface area contributed by atoms with Crippen LogP contribution in [0.4, 0.5) is 0 Å². The Kier molecular flexibility index (Phi) is 7.57. The lowest BCUT2D eigenvalue weighted by molar-refractivity contribution is 0.172. The third-order valence-corrected chi connectivity index (χ3v) is 4.98.